The number of aromatic nitrogens is 2. The van der Waals surface area contributed by atoms with Crippen molar-refractivity contribution < 1.29 is 4.79 Å². The van der Waals surface area contributed by atoms with Crippen molar-refractivity contribution in [3.63, 3.8) is 0 Å². The van der Waals surface area contributed by atoms with Crippen molar-refractivity contribution >= 4 is 27.4 Å². The summed E-state index contributed by atoms with van der Waals surface area (Å²) in [6.45, 7) is 1.41. The minimum Gasteiger partial charge on any atom is -0.386 e. The fraction of sp³-hybridized carbons (Fsp3) is 0.375. The van der Waals surface area contributed by atoms with Crippen LogP contribution in [-0.4, -0.2) is 22.6 Å². The SMILES string of the molecule is CNc1cnn(CC(C)=O)c(=O)c1Br. The number of hydrogen-bond donors (Lipinski definition) is 1. The molecule has 0 amide bonds. The number of nitrogens with zero attached hydrogens (tertiary/aromatic N) is 2. The molecule has 0 atom stereocenters. The van der Waals surface area contributed by atoms with Crippen LogP contribution in [-0.2, 0) is 11.3 Å². The molecule has 76 valence electrons. The number of anilines is 1. The number of hydrogen-bond acceptors (Lipinski definition) is 4. The molecule has 6 heteroatoms. The molecule has 0 aromatic carbocycles. The van der Waals surface area contributed by atoms with Crippen LogP contribution in [0.25, 0.3) is 0 Å². The molecule has 0 unspecified atom stereocenters. The molecular weight excluding hydrogens is 250 g/mol. The zero-order valence-electron chi connectivity index (χ0n) is 7.87. The van der Waals surface area contributed by atoms with Gasteiger partial charge in [0, 0.05) is 7.05 Å². The lowest BCUT2D eigenvalue weighted by Crippen LogP contribution is -2.26. The van der Waals surface area contributed by atoms with Gasteiger partial charge in [0.1, 0.15) is 11.0 Å². The summed E-state index contributed by atoms with van der Waals surface area (Å²) in [5, 5.41) is 6.65. The number of rotatable bonds is 3. The minimum absolute atomic E-state index is 0.00142. The van der Waals surface area contributed by atoms with Crippen LogP contribution < -0.4 is 10.9 Å². The zero-order valence-corrected chi connectivity index (χ0v) is 9.46. The second-order valence-corrected chi connectivity index (χ2v) is 3.58. The molecule has 1 N–H and O–H groups in total. The lowest BCUT2D eigenvalue weighted by Gasteiger charge is -2.05. The van der Waals surface area contributed by atoms with E-state index in [-0.39, 0.29) is 17.9 Å². The number of nitrogens with one attached hydrogen (secondary N) is 1. The van der Waals surface area contributed by atoms with Gasteiger partial charge in [-0.1, -0.05) is 0 Å². The van der Waals surface area contributed by atoms with Crippen LogP contribution in [0.2, 0.25) is 0 Å². The average molecular weight is 260 g/mol. The van der Waals surface area contributed by atoms with E-state index in [9.17, 15) is 9.59 Å². The number of carbonyl (C=O) groups is 1. The fourth-order valence-electron chi connectivity index (χ4n) is 0.963. The van der Waals surface area contributed by atoms with Gasteiger partial charge in [-0.25, -0.2) is 4.68 Å². The van der Waals surface area contributed by atoms with Crippen molar-refractivity contribution in [3.05, 3.63) is 21.0 Å². The van der Waals surface area contributed by atoms with Crippen molar-refractivity contribution in [2.75, 3.05) is 12.4 Å². The fourth-order valence-corrected chi connectivity index (χ4v) is 1.47. The monoisotopic (exact) mass is 259 g/mol. The second kappa shape index (κ2) is 4.36. The van der Waals surface area contributed by atoms with E-state index in [1.807, 2.05) is 0 Å². The van der Waals surface area contributed by atoms with Crippen molar-refractivity contribution in [2.45, 2.75) is 13.5 Å². The summed E-state index contributed by atoms with van der Waals surface area (Å²) in [6.07, 6.45) is 1.49. The van der Waals surface area contributed by atoms with Gasteiger partial charge in [0.25, 0.3) is 5.56 Å². The Kier molecular flexibility index (Phi) is 3.40. The van der Waals surface area contributed by atoms with E-state index in [1.165, 1.54) is 13.1 Å². The molecule has 0 spiro atoms. The van der Waals surface area contributed by atoms with Crippen LogP contribution in [0.5, 0.6) is 0 Å². The third kappa shape index (κ3) is 2.20. The molecule has 0 radical (unpaired) electrons. The molecule has 0 aliphatic rings. The number of ketones is 1. The lowest BCUT2D eigenvalue weighted by molar-refractivity contribution is -0.117. The molecule has 0 aliphatic heterocycles. The van der Waals surface area contributed by atoms with Crippen LogP contribution in [0.3, 0.4) is 0 Å². The minimum atomic E-state index is -0.313. The van der Waals surface area contributed by atoms with E-state index in [1.54, 1.807) is 7.05 Å². The summed E-state index contributed by atoms with van der Waals surface area (Å²) in [5.41, 5.74) is 0.293. The number of carbonyl (C=O) groups excluding carboxylic acids is 1. The van der Waals surface area contributed by atoms with Crippen molar-refractivity contribution in [3.8, 4) is 0 Å². The summed E-state index contributed by atoms with van der Waals surface area (Å²) < 4.78 is 1.50. The van der Waals surface area contributed by atoms with Gasteiger partial charge >= 0.3 is 0 Å². The highest BCUT2D eigenvalue weighted by atomic mass is 79.9. The molecular formula is C8H10BrN3O2. The smallest absolute Gasteiger partial charge is 0.283 e. The molecule has 0 aliphatic carbocycles. The van der Waals surface area contributed by atoms with E-state index in [0.717, 1.165) is 4.68 Å². The highest BCUT2D eigenvalue weighted by molar-refractivity contribution is 9.10. The van der Waals surface area contributed by atoms with Crippen molar-refractivity contribution in [1.29, 1.82) is 0 Å². The lowest BCUT2D eigenvalue weighted by atomic mass is 10.4. The van der Waals surface area contributed by atoms with Gasteiger partial charge in [0.2, 0.25) is 0 Å². The molecule has 1 heterocycles. The Bertz CT molecular complexity index is 414. The Morgan fingerprint density at radius 3 is 2.86 bits per heavy atom. The molecule has 0 saturated carbocycles. The van der Waals surface area contributed by atoms with Gasteiger partial charge in [-0.15, -0.1) is 0 Å². The Morgan fingerprint density at radius 2 is 2.36 bits per heavy atom. The quantitative estimate of drug-likeness (QED) is 0.866. The van der Waals surface area contributed by atoms with Gasteiger partial charge in [-0.2, -0.15) is 5.10 Å². The first-order valence-corrected chi connectivity index (χ1v) is 4.78. The predicted octanol–water partition coefficient (Wildman–Crippen LogP) is 0.637. The molecule has 1 rings (SSSR count). The zero-order chi connectivity index (χ0) is 10.7. The molecule has 1 aromatic heterocycles. The van der Waals surface area contributed by atoms with Gasteiger partial charge in [-0.3, -0.25) is 9.59 Å². The summed E-state index contributed by atoms with van der Waals surface area (Å²) >= 11 is 3.13. The molecule has 1 aromatic rings. The van der Waals surface area contributed by atoms with E-state index in [2.05, 4.69) is 26.3 Å². The van der Waals surface area contributed by atoms with Crippen LogP contribution in [0, 0.1) is 0 Å². The predicted molar refractivity (Wildman–Crippen MR) is 56.4 cm³/mol. The molecule has 0 fully saturated rings. The Morgan fingerprint density at radius 1 is 1.71 bits per heavy atom. The molecule has 5 nitrogen and oxygen atoms in total. The van der Waals surface area contributed by atoms with Crippen molar-refractivity contribution in [1.82, 2.24) is 9.78 Å². The van der Waals surface area contributed by atoms with Crippen LogP contribution in [0.1, 0.15) is 6.92 Å². The van der Waals surface area contributed by atoms with E-state index < -0.39 is 0 Å². The summed E-state index contributed by atoms with van der Waals surface area (Å²) in [4.78, 5) is 22.3. The first-order chi connectivity index (χ1) is 6.56. The van der Waals surface area contributed by atoms with Crippen LogP contribution in [0.15, 0.2) is 15.5 Å². The maximum atomic E-state index is 11.5. The summed E-state index contributed by atoms with van der Waals surface area (Å²) in [7, 11) is 1.69. The molecule has 0 saturated heterocycles. The molecule has 14 heavy (non-hydrogen) atoms. The molecule has 0 bridgehead atoms. The van der Waals surface area contributed by atoms with Crippen molar-refractivity contribution in [2.24, 2.45) is 0 Å². The average Bonchev–Trinajstić information content (AvgIpc) is 2.13. The second-order valence-electron chi connectivity index (χ2n) is 2.79. The largest absolute Gasteiger partial charge is 0.386 e. The van der Waals surface area contributed by atoms with E-state index in [0.29, 0.717) is 10.2 Å². The number of Topliss-reactive ketones (excluding diaryl/α,β-unsaturated/α-hetero) is 1. The summed E-state index contributed by atoms with van der Waals surface area (Å²) in [5.74, 6) is -0.108. The Hall–Kier alpha value is -1.17. The standard InChI is InChI=1S/C8H10BrN3O2/c1-5(13)4-12-8(14)7(9)6(10-2)3-11-12/h3,10H,4H2,1-2H3. The highest BCUT2D eigenvalue weighted by Gasteiger charge is 2.08. The maximum Gasteiger partial charge on any atom is 0.283 e. The Labute approximate surface area is 89.2 Å². The summed E-state index contributed by atoms with van der Waals surface area (Å²) in [6, 6.07) is 0. The first-order valence-electron chi connectivity index (χ1n) is 3.99. The normalized spacial score (nSPS) is 9.93. The van der Waals surface area contributed by atoms with Crippen LogP contribution in [0.4, 0.5) is 5.69 Å². The van der Waals surface area contributed by atoms with Crippen LogP contribution >= 0.6 is 15.9 Å². The van der Waals surface area contributed by atoms with Gasteiger partial charge < -0.3 is 5.32 Å². The Balaban J connectivity index is 3.17. The van der Waals surface area contributed by atoms with Gasteiger partial charge in [0.05, 0.1) is 11.9 Å². The third-order valence-electron chi connectivity index (χ3n) is 1.63. The van der Waals surface area contributed by atoms with E-state index in [4.69, 9.17) is 0 Å². The highest BCUT2D eigenvalue weighted by Crippen LogP contribution is 2.14. The number of halogens is 1. The van der Waals surface area contributed by atoms with Gasteiger partial charge in [0.15, 0.2) is 5.78 Å². The maximum absolute atomic E-state index is 11.5. The topological polar surface area (TPSA) is 64.0 Å². The third-order valence-corrected chi connectivity index (χ3v) is 2.39. The van der Waals surface area contributed by atoms with Gasteiger partial charge in [-0.05, 0) is 22.9 Å². The van der Waals surface area contributed by atoms with E-state index >= 15 is 0 Å². The first kappa shape index (κ1) is 10.9.